The quantitative estimate of drug-likeness (QED) is 0.892. The lowest BCUT2D eigenvalue weighted by molar-refractivity contribution is -0.118. The van der Waals surface area contributed by atoms with Crippen molar-refractivity contribution in [1.82, 2.24) is 0 Å². The number of thiophene rings is 1. The average molecular weight is 260 g/mol. The first-order valence-electron chi connectivity index (χ1n) is 5.63. The van der Waals surface area contributed by atoms with Crippen LogP contribution >= 0.6 is 11.3 Å². The number of hydrogen-bond acceptors (Lipinski definition) is 4. The van der Waals surface area contributed by atoms with Crippen LogP contribution in [0.5, 0.6) is 5.75 Å². The van der Waals surface area contributed by atoms with Crippen LogP contribution in [0.2, 0.25) is 0 Å². The fourth-order valence-electron chi connectivity index (χ4n) is 1.81. The van der Waals surface area contributed by atoms with Crippen LogP contribution < -0.4 is 15.4 Å². The van der Waals surface area contributed by atoms with Gasteiger partial charge in [-0.25, -0.2) is 0 Å². The molecule has 0 unspecified atom stereocenters. The van der Waals surface area contributed by atoms with Crippen molar-refractivity contribution >= 4 is 28.6 Å². The van der Waals surface area contributed by atoms with E-state index in [9.17, 15) is 4.79 Å². The Kier molecular flexibility index (Phi) is 2.90. The minimum Gasteiger partial charge on any atom is -0.482 e. The minimum absolute atomic E-state index is 0.0967. The van der Waals surface area contributed by atoms with Crippen molar-refractivity contribution in [3.05, 3.63) is 40.6 Å². The number of rotatable bonds is 3. The molecule has 2 N–H and O–H groups in total. The van der Waals surface area contributed by atoms with Crippen molar-refractivity contribution in [3.63, 3.8) is 0 Å². The predicted octanol–water partition coefficient (Wildman–Crippen LogP) is 2.69. The predicted molar refractivity (Wildman–Crippen MR) is 72.2 cm³/mol. The molecule has 5 heteroatoms. The Morgan fingerprint density at radius 1 is 1.39 bits per heavy atom. The zero-order valence-electron chi connectivity index (χ0n) is 9.60. The van der Waals surface area contributed by atoms with Crippen LogP contribution in [-0.2, 0) is 11.3 Å². The molecular weight excluding hydrogens is 248 g/mol. The normalized spacial score (nSPS) is 13.4. The molecule has 0 atom stereocenters. The van der Waals surface area contributed by atoms with Crippen molar-refractivity contribution in [2.45, 2.75) is 6.54 Å². The molecule has 1 aromatic heterocycles. The van der Waals surface area contributed by atoms with Gasteiger partial charge >= 0.3 is 0 Å². The Labute approximate surface area is 109 Å². The third-order valence-electron chi connectivity index (χ3n) is 2.69. The number of nitrogens with one attached hydrogen (secondary N) is 2. The number of anilines is 2. The van der Waals surface area contributed by atoms with Gasteiger partial charge < -0.3 is 15.4 Å². The van der Waals surface area contributed by atoms with Gasteiger partial charge in [0, 0.05) is 17.6 Å². The third kappa shape index (κ3) is 2.31. The summed E-state index contributed by atoms with van der Waals surface area (Å²) in [6, 6.07) is 7.86. The van der Waals surface area contributed by atoms with Crippen LogP contribution in [0, 0.1) is 0 Å². The highest BCUT2D eigenvalue weighted by Gasteiger charge is 2.15. The van der Waals surface area contributed by atoms with Crippen LogP contribution in [0.4, 0.5) is 11.4 Å². The van der Waals surface area contributed by atoms with Crippen LogP contribution in [0.1, 0.15) is 5.56 Å². The Hall–Kier alpha value is -2.01. The molecule has 1 aromatic carbocycles. The first kappa shape index (κ1) is 11.1. The van der Waals surface area contributed by atoms with Crippen LogP contribution in [0.25, 0.3) is 0 Å². The van der Waals surface area contributed by atoms with Crippen molar-refractivity contribution < 1.29 is 9.53 Å². The SMILES string of the molecule is O=C1COc2ccc(CNc3ccsc3)cc2N1. The first-order valence-corrected chi connectivity index (χ1v) is 6.57. The molecule has 0 bridgehead atoms. The van der Waals surface area contributed by atoms with E-state index < -0.39 is 0 Å². The van der Waals surface area contributed by atoms with E-state index in [-0.39, 0.29) is 12.5 Å². The lowest BCUT2D eigenvalue weighted by Crippen LogP contribution is -2.25. The molecule has 0 saturated carbocycles. The molecule has 1 amide bonds. The number of benzene rings is 1. The molecule has 92 valence electrons. The van der Waals surface area contributed by atoms with Crippen molar-refractivity contribution in [2.24, 2.45) is 0 Å². The van der Waals surface area contributed by atoms with Gasteiger partial charge in [-0.1, -0.05) is 6.07 Å². The van der Waals surface area contributed by atoms with E-state index in [1.54, 1.807) is 11.3 Å². The van der Waals surface area contributed by atoms with Gasteiger partial charge in [-0.15, -0.1) is 0 Å². The Morgan fingerprint density at radius 2 is 2.33 bits per heavy atom. The summed E-state index contributed by atoms with van der Waals surface area (Å²) in [5.74, 6) is 0.624. The third-order valence-corrected chi connectivity index (χ3v) is 3.38. The van der Waals surface area contributed by atoms with Gasteiger partial charge in [0.05, 0.1) is 5.69 Å². The van der Waals surface area contributed by atoms with Gasteiger partial charge in [-0.2, -0.15) is 11.3 Å². The molecule has 0 radical (unpaired) electrons. The van der Waals surface area contributed by atoms with Crippen molar-refractivity contribution in [3.8, 4) is 5.75 Å². The molecular formula is C13H12N2O2S. The Morgan fingerprint density at radius 3 is 3.17 bits per heavy atom. The minimum atomic E-state index is -0.106. The monoisotopic (exact) mass is 260 g/mol. The summed E-state index contributed by atoms with van der Waals surface area (Å²) in [5.41, 5.74) is 2.96. The molecule has 0 spiro atoms. The second-order valence-electron chi connectivity index (χ2n) is 4.03. The lowest BCUT2D eigenvalue weighted by atomic mass is 10.1. The van der Waals surface area contributed by atoms with E-state index in [1.165, 1.54) is 0 Å². The van der Waals surface area contributed by atoms with Crippen LogP contribution in [0.15, 0.2) is 35.0 Å². The number of ether oxygens (including phenoxy) is 1. The van der Waals surface area contributed by atoms with E-state index in [1.807, 2.05) is 29.6 Å². The zero-order chi connectivity index (χ0) is 12.4. The summed E-state index contributed by atoms with van der Waals surface area (Å²) in [5, 5.41) is 10.2. The van der Waals surface area contributed by atoms with Gasteiger partial charge in [-0.3, -0.25) is 4.79 Å². The highest BCUT2D eigenvalue weighted by Crippen LogP contribution is 2.28. The summed E-state index contributed by atoms with van der Waals surface area (Å²) in [6.45, 7) is 0.819. The first-order chi connectivity index (χ1) is 8.81. The van der Waals surface area contributed by atoms with Gasteiger partial charge in [-0.05, 0) is 29.1 Å². The highest BCUT2D eigenvalue weighted by atomic mass is 32.1. The number of carbonyl (C=O) groups is 1. The summed E-state index contributed by atoms with van der Waals surface area (Å²) in [7, 11) is 0. The summed E-state index contributed by atoms with van der Waals surface area (Å²) in [6.07, 6.45) is 0. The molecule has 0 aliphatic carbocycles. The number of hydrogen-bond donors (Lipinski definition) is 2. The fraction of sp³-hybridized carbons (Fsp3) is 0.154. The molecule has 4 nitrogen and oxygen atoms in total. The van der Waals surface area contributed by atoms with E-state index >= 15 is 0 Å². The average Bonchev–Trinajstić information content (AvgIpc) is 2.89. The number of fused-ring (bicyclic) bond motifs is 1. The summed E-state index contributed by atoms with van der Waals surface area (Å²) >= 11 is 1.66. The van der Waals surface area contributed by atoms with Gasteiger partial charge in [0.15, 0.2) is 6.61 Å². The molecule has 2 aromatic rings. The van der Waals surface area contributed by atoms with E-state index in [0.717, 1.165) is 29.2 Å². The topological polar surface area (TPSA) is 50.4 Å². The smallest absolute Gasteiger partial charge is 0.262 e. The second-order valence-corrected chi connectivity index (χ2v) is 4.81. The van der Waals surface area contributed by atoms with E-state index in [4.69, 9.17) is 4.74 Å². The van der Waals surface area contributed by atoms with Gasteiger partial charge in [0.1, 0.15) is 5.75 Å². The van der Waals surface area contributed by atoms with Gasteiger partial charge in [0.25, 0.3) is 5.91 Å². The maximum absolute atomic E-state index is 11.2. The molecule has 18 heavy (non-hydrogen) atoms. The highest BCUT2D eigenvalue weighted by molar-refractivity contribution is 7.08. The van der Waals surface area contributed by atoms with Gasteiger partial charge in [0.2, 0.25) is 0 Å². The zero-order valence-corrected chi connectivity index (χ0v) is 10.4. The number of amides is 1. The fourth-order valence-corrected chi connectivity index (χ4v) is 2.42. The van der Waals surface area contributed by atoms with Crippen LogP contribution in [-0.4, -0.2) is 12.5 Å². The molecule has 1 aliphatic rings. The van der Waals surface area contributed by atoms with E-state index in [2.05, 4.69) is 16.0 Å². The molecule has 2 heterocycles. The molecule has 1 aliphatic heterocycles. The largest absolute Gasteiger partial charge is 0.482 e. The Balaban J connectivity index is 1.73. The summed E-state index contributed by atoms with van der Waals surface area (Å²) in [4.78, 5) is 11.2. The maximum atomic E-state index is 11.2. The maximum Gasteiger partial charge on any atom is 0.262 e. The Bertz CT molecular complexity index is 566. The summed E-state index contributed by atoms with van der Waals surface area (Å²) < 4.78 is 5.31. The van der Waals surface area contributed by atoms with Crippen LogP contribution in [0.3, 0.4) is 0 Å². The molecule has 0 saturated heterocycles. The lowest BCUT2D eigenvalue weighted by Gasteiger charge is -2.18. The molecule has 3 rings (SSSR count). The van der Waals surface area contributed by atoms with Crippen molar-refractivity contribution in [1.29, 1.82) is 0 Å². The number of carbonyl (C=O) groups excluding carboxylic acids is 1. The van der Waals surface area contributed by atoms with Crippen molar-refractivity contribution in [2.75, 3.05) is 17.2 Å². The molecule has 0 fully saturated rings. The second kappa shape index (κ2) is 4.70. The standard InChI is InChI=1S/C13H12N2O2S/c16-13-7-17-12-2-1-9(5-11(12)15-13)6-14-10-3-4-18-8-10/h1-5,8,14H,6-7H2,(H,15,16). The van der Waals surface area contributed by atoms with E-state index in [0.29, 0.717) is 0 Å².